The summed E-state index contributed by atoms with van der Waals surface area (Å²) in [7, 11) is 1.73. The van der Waals surface area contributed by atoms with Crippen molar-refractivity contribution in [2.75, 3.05) is 33.4 Å². The molecular formula is C18H21N5O3. The van der Waals surface area contributed by atoms with Gasteiger partial charge in [-0.2, -0.15) is 0 Å². The van der Waals surface area contributed by atoms with Gasteiger partial charge in [0.25, 0.3) is 5.91 Å². The molecule has 1 aliphatic rings. The molecule has 1 N–H and O–H groups in total. The molecule has 0 bridgehead atoms. The summed E-state index contributed by atoms with van der Waals surface area (Å²) in [6.07, 6.45) is 0. The van der Waals surface area contributed by atoms with Gasteiger partial charge in [-0.25, -0.2) is 4.98 Å². The SMILES string of the molecule is CN(Cc1nc2ccccc2[nH]1)C(=O)c1cc(CN2CCOCC2)on1. The Bertz CT molecular complexity index is 864. The van der Waals surface area contributed by atoms with Crippen LogP contribution in [0, 0.1) is 0 Å². The number of amides is 1. The lowest BCUT2D eigenvalue weighted by molar-refractivity contribution is 0.0305. The number of aromatic nitrogens is 3. The highest BCUT2D eigenvalue weighted by molar-refractivity contribution is 5.92. The predicted molar refractivity (Wildman–Crippen MR) is 94.5 cm³/mol. The number of carbonyl (C=O) groups is 1. The molecule has 1 fully saturated rings. The van der Waals surface area contributed by atoms with Crippen molar-refractivity contribution in [1.82, 2.24) is 24.9 Å². The van der Waals surface area contributed by atoms with Crippen LogP contribution in [-0.4, -0.2) is 64.2 Å². The first-order valence-electron chi connectivity index (χ1n) is 8.64. The normalized spacial score (nSPS) is 15.4. The van der Waals surface area contributed by atoms with Gasteiger partial charge in [-0.15, -0.1) is 0 Å². The summed E-state index contributed by atoms with van der Waals surface area (Å²) in [6, 6.07) is 9.50. The van der Waals surface area contributed by atoms with Crippen LogP contribution in [0.25, 0.3) is 11.0 Å². The lowest BCUT2D eigenvalue weighted by atomic mass is 10.3. The number of para-hydroxylation sites is 2. The van der Waals surface area contributed by atoms with Crippen molar-refractivity contribution in [1.29, 1.82) is 0 Å². The molecule has 1 amide bonds. The Morgan fingerprint density at radius 2 is 2.12 bits per heavy atom. The molecule has 0 aliphatic carbocycles. The van der Waals surface area contributed by atoms with E-state index >= 15 is 0 Å². The summed E-state index contributed by atoms with van der Waals surface area (Å²) < 4.78 is 10.7. The van der Waals surface area contributed by atoms with E-state index < -0.39 is 0 Å². The quantitative estimate of drug-likeness (QED) is 0.749. The molecule has 26 heavy (non-hydrogen) atoms. The molecular weight excluding hydrogens is 334 g/mol. The summed E-state index contributed by atoms with van der Waals surface area (Å²) in [6.45, 7) is 4.17. The second-order valence-electron chi connectivity index (χ2n) is 6.43. The van der Waals surface area contributed by atoms with Gasteiger partial charge in [-0.3, -0.25) is 9.69 Å². The lowest BCUT2D eigenvalue weighted by Crippen LogP contribution is -2.35. The number of H-pyrrole nitrogens is 1. The molecule has 0 radical (unpaired) electrons. The average molecular weight is 355 g/mol. The summed E-state index contributed by atoms with van der Waals surface area (Å²) in [5, 5.41) is 3.93. The van der Waals surface area contributed by atoms with Crippen molar-refractivity contribution in [2.45, 2.75) is 13.1 Å². The average Bonchev–Trinajstić information content (AvgIpc) is 3.28. The Balaban J connectivity index is 1.40. The fourth-order valence-electron chi connectivity index (χ4n) is 3.04. The van der Waals surface area contributed by atoms with E-state index in [4.69, 9.17) is 9.26 Å². The minimum absolute atomic E-state index is 0.192. The van der Waals surface area contributed by atoms with Crippen LogP contribution in [0.3, 0.4) is 0 Å². The Labute approximate surface area is 150 Å². The van der Waals surface area contributed by atoms with Gasteiger partial charge in [0, 0.05) is 26.2 Å². The van der Waals surface area contributed by atoms with E-state index in [-0.39, 0.29) is 5.91 Å². The van der Waals surface area contributed by atoms with Gasteiger partial charge in [0.2, 0.25) is 0 Å². The number of hydrogen-bond acceptors (Lipinski definition) is 6. The van der Waals surface area contributed by atoms with Gasteiger partial charge >= 0.3 is 0 Å². The van der Waals surface area contributed by atoms with Crippen molar-refractivity contribution in [3.05, 3.63) is 47.6 Å². The van der Waals surface area contributed by atoms with Crippen LogP contribution >= 0.6 is 0 Å². The smallest absolute Gasteiger partial charge is 0.276 e. The molecule has 8 nitrogen and oxygen atoms in total. The third-order valence-corrected chi connectivity index (χ3v) is 4.43. The largest absolute Gasteiger partial charge is 0.379 e. The summed E-state index contributed by atoms with van der Waals surface area (Å²) in [4.78, 5) is 24.1. The highest BCUT2D eigenvalue weighted by atomic mass is 16.5. The molecule has 1 saturated heterocycles. The number of nitrogens with one attached hydrogen (secondary N) is 1. The third-order valence-electron chi connectivity index (χ3n) is 4.43. The second-order valence-corrected chi connectivity index (χ2v) is 6.43. The number of aromatic amines is 1. The lowest BCUT2D eigenvalue weighted by Gasteiger charge is -2.25. The number of benzene rings is 1. The molecule has 3 aromatic rings. The number of rotatable bonds is 5. The van der Waals surface area contributed by atoms with Gasteiger partial charge < -0.3 is 19.1 Å². The van der Waals surface area contributed by atoms with Crippen molar-refractivity contribution >= 4 is 16.9 Å². The van der Waals surface area contributed by atoms with Gasteiger partial charge in [-0.1, -0.05) is 17.3 Å². The van der Waals surface area contributed by atoms with Gasteiger partial charge in [-0.05, 0) is 12.1 Å². The Morgan fingerprint density at radius 3 is 2.92 bits per heavy atom. The van der Waals surface area contributed by atoms with Crippen molar-refractivity contribution in [3.8, 4) is 0 Å². The Hall–Kier alpha value is -2.71. The standard InChI is InChI=1S/C18H21N5O3/c1-22(12-17-19-14-4-2-3-5-15(14)20-17)18(24)16-10-13(26-21-16)11-23-6-8-25-9-7-23/h2-5,10H,6-9,11-12H2,1H3,(H,19,20). The first-order chi connectivity index (χ1) is 12.7. The minimum atomic E-state index is -0.192. The molecule has 2 aromatic heterocycles. The molecule has 0 unspecified atom stereocenters. The van der Waals surface area contributed by atoms with Crippen LogP contribution in [0.4, 0.5) is 0 Å². The molecule has 4 rings (SSSR count). The fourth-order valence-corrected chi connectivity index (χ4v) is 3.04. The predicted octanol–water partition coefficient (Wildman–Crippen LogP) is 1.66. The molecule has 0 atom stereocenters. The number of carbonyl (C=O) groups excluding carboxylic acids is 1. The molecule has 136 valence electrons. The zero-order valence-electron chi connectivity index (χ0n) is 14.6. The summed E-state index contributed by atoms with van der Waals surface area (Å²) in [5.74, 6) is 1.23. The van der Waals surface area contributed by atoms with Crippen LogP contribution in [0.1, 0.15) is 22.1 Å². The van der Waals surface area contributed by atoms with Gasteiger partial charge in [0.05, 0.1) is 37.3 Å². The molecule has 3 heterocycles. The third kappa shape index (κ3) is 3.61. The van der Waals surface area contributed by atoms with Crippen molar-refractivity contribution in [2.24, 2.45) is 0 Å². The Kier molecular flexibility index (Phi) is 4.68. The van der Waals surface area contributed by atoms with Crippen molar-refractivity contribution in [3.63, 3.8) is 0 Å². The second kappa shape index (κ2) is 7.27. The van der Waals surface area contributed by atoms with Crippen molar-refractivity contribution < 1.29 is 14.1 Å². The summed E-state index contributed by atoms with van der Waals surface area (Å²) >= 11 is 0. The molecule has 1 aromatic carbocycles. The van der Waals surface area contributed by atoms with E-state index in [1.807, 2.05) is 24.3 Å². The molecule has 0 saturated carbocycles. The van der Waals surface area contributed by atoms with Gasteiger partial charge in [0.15, 0.2) is 11.5 Å². The fraction of sp³-hybridized carbons (Fsp3) is 0.389. The van der Waals surface area contributed by atoms with Gasteiger partial charge in [0.1, 0.15) is 5.82 Å². The highest BCUT2D eigenvalue weighted by Crippen LogP contribution is 2.14. The number of ether oxygens (including phenoxy) is 1. The molecule has 8 heteroatoms. The van der Waals surface area contributed by atoms with E-state index in [0.717, 1.165) is 43.2 Å². The molecule has 1 aliphatic heterocycles. The van der Waals surface area contributed by atoms with Crippen LogP contribution < -0.4 is 0 Å². The zero-order valence-corrected chi connectivity index (χ0v) is 14.6. The first kappa shape index (κ1) is 16.7. The minimum Gasteiger partial charge on any atom is -0.379 e. The maximum Gasteiger partial charge on any atom is 0.276 e. The number of fused-ring (bicyclic) bond motifs is 1. The van der Waals surface area contributed by atoms with Crippen LogP contribution in [0.15, 0.2) is 34.9 Å². The highest BCUT2D eigenvalue weighted by Gasteiger charge is 2.20. The first-order valence-corrected chi connectivity index (χ1v) is 8.64. The number of nitrogens with zero attached hydrogens (tertiary/aromatic N) is 4. The maximum absolute atomic E-state index is 12.6. The van der Waals surface area contributed by atoms with Crippen LogP contribution in [-0.2, 0) is 17.8 Å². The zero-order chi connectivity index (χ0) is 17.9. The summed E-state index contributed by atoms with van der Waals surface area (Å²) in [5.41, 5.74) is 2.15. The monoisotopic (exact) mass is 355 g/mol. The topological polar surface area (TPSA) is 87.5 Å². The van der Waals surface area contributed by atoms with Crippen LogP contribution in [0.5, 0.6) is 0 Å². The van der Waals surface area contributed by atoms with E-state index in [9.17, 15) is 4.79 Å². The number of morpholine rings is 1. The Morgan fingerprint density at radius 1 is 1.31 bits per heavy atom. The van der Waals surface area contributed by atoms with E-state index in [1.165, 1.54) is 0 Å². The molecule has 0 spiro atoms. The maximum atomic E-state index is 12.6. The van der Waals surface area contributed by atoms with E-state index in [1.54, 1.807) is 18.0 Å². The number of imidazole rings is 1. The van der Waals surface area contributed by atoms with Crippen LogP contribution in [0.2, 0.25) is 0 Å². The van der Waals surface area contributed by atoms with E-state index in [0.29, 0.717) is 24.5 Å². The number of hydrogen-bond donors (Lipinski definition) is 1. The van der Waals surface area contributed by atoms with E-state index in [2.05, 4.69) is 20.0 Å².